The number of carbonyl (C=O) groups excluding carboxylic acids is 1. The molecule has 1 aromatic heterocycles. The molecular weight excluding hydrogens is 425 g/mol. The van der Waals surface area contributed by atoms with E-state index in [0.29, 0.717) is 24.6 Å². The van der Waals surface area contributed by atoms with Crippen LogP contribution in [0.5, 0.6) is 0 Å². The molecule has 0 aliphatic heterocycles. The SMILES string of the molecule is CC(C)c1ccc(CNC(=O)c2ccc3c(ccn3Cc3ccc(C(F)(F)F)cc3)c2)cc1. The van der Waals surface area contributed by atoms with Gasteiger partial charge in [0, 0.05) is 35.8 Å². The highest BCUT2D eigenvalue weighted by molar-refractivity contribution is 5.98. The van der Waals surface area contributed by atoms with Crippen LogP contribution in [0, 0.1) is 0 Å². The van der Waals surface area contributed by atoms with Crippen molar-refractivity contribution in [3.63, 3.8) is 0 Å². The number of carbonyl (C=O) groups is 1. The second-order valence-electron chi connectivity index (χ2n) is 8.49. The molecule has 0 unspecified atom stereocenters. The number of hydrogen-bond donors (Lipinski definition) is 1. The predicted molar refractivity (Wildman–Crippen MR) is 124 cm³/mol. The van der Waals surface area contributed by atoms with Gasteiger partial charge in [0.05, 0.1) is 5.56 Å². The molecule has 0 atom stereocenters. The van der Waals surface area contributed by atoms with Crippen LogP contribution in [-0.4, -0.2) is 10.5 Å². The smallest absolute Gasteiger partial charge is 0.348 e. The number of nitrogens with one attached hydrogen (secondary N) is 1. The molecule has 1 heterocycles. The lowest BCUT2D eigenvalue weighted by molar-refractivity contribution is -0.137. The zero-order valence-corrected chi connectivity index (χ0v) is 18.5. The summed E-state index contributed by atoms with van der Waals surface area (Å²) in [5, 5.41) is 3.85. The Kier molecular flexibility index (Phi) is 6.27. The van der Waals surface area contributed by atoms with Crippen LogP contribution in [0.4, 0.5) is 13.2 Å². The number of hydrogen-bond acceptors (Lipinski definition) is 1. The first-order chi connectivity index (χ1) is 15.7. The first-order valence-electron chi connectivity index (χ1n) is 10.8. The van der Waals surface area contributed by atoms with Gasteiger partial charge in [-0.1, -0.05) is 50.2 Å². The Labute approximate surface area is 190 Å². The highest BCUT2D eigenvalue weighted by Gasteiger charge is 2.29. The second-order valence-corrected chi connectivity index (χ2v) is 8.49. The molecule has 33 heavy (non-hydrogen) atoms. The number of nitrogens with zero attached hydrogens (tertiary/aromatic N) is 1. The number of alkyl halides is 3. The van der Waals surface area contributed by atoms with E-state index in [2.05, 4.69) is 31.3 Å². The Balaban J connectivity index is 1.43. The van der Waals surface area contributed by atoms with Gasteiger partial charge in [-0.05, 0) is 59.0 Å². The van der Waals surface area contributed by atoms with Crippen LogP contribution in [0.15, 0.2) is 79.0 Å². The largest absolute Gasteiger partial charge is 0.416 e. The maximum absolute atomic E-state index is 12.8. The van der Waals surface area contributed by atoms with E-state index >= 15 is 0 Å². The van der Waals surface area contributed by atoms with Gasteiger partial charge in [-0.15, -0.1) is 0 Å². The third-order valence-electron chi connectivity index (χ3n) is 5.77. The first kappa shape index (κ1) is 22.6. The Bertz CT molecular complexity index is 1250. The molecule has 0 aliphatic rings. The van der Waals surface area contributed by atoms with Gasteiger partial charge in [0.25, 0.3) is 5.91 Å². The average Bonchev–Trinajstić information content (AvgIpc) is 3.19. The van der Waals surface area contributed by atoms with E-state index in [1.165, 1.54) is 17.7 Å². The fraction of sp³-hybridized carbons (Fsp3) is 0.222. The summed E-state index contributed by atoms with van der Waals surface area (Å²) in [7, 11) is 0. The van der Waals surface area contributed by atoms with E-state index < -0.39 is 11.7 Å². The molecule has 4 rings (SSSR count). The minimum atomic E-state index is -4.34. The van der Waals surface area contributed by atoms with Crippen LogP contribution in [-0.2, 0) is 19.3 Å². The maximum atomic E-state index is 12.8. The molecule has 0 fully saturated rings. The maximum Gasteiger partial charge on any atom is 0.416 e. The third kappa shape index (κ3) is 5.28. The van der Waals surface area contributed by atoms with Crippen molar-refractivity contribution >= 4 is 16.8 Å². The van der Waals surface area contributed by atoms with Crippen molar-refractivity contribution < 1.29 is 18.0 Å². The molecule has 0 saturated heterocycles. The Hall–Kier alpha value is -3.54. The van der Waals surface area contributed by atoms with Crippen LogP contribution in [0.2, 0.25) is 0 Å². The lowest BCUT2D eigenvalue weighted by Gasteiger charge is -2.10. The molecular formula is C27H25F3N2O. The van der Waals surface area contributed by atoms with E-state index in [9.17, 15) is 18.0 Å². The van der Waals surface area contributed by atoms with Gasteiger partial charge in [-0.2, -0.15) is 13.2 Å². The standard InChI is InChI=1S/C27H25F3N2O/c1-18(2)21-7-3-19(4-8-21)16-31-26(33)23-9-12-25-22(15-23)13-14-32(25)17-20-5-10-24(11-6-20)27(28,29)30/h3-15,18H,16-17H2,1-2H3,(H,31,33). The Morgan fingerprint density at radius 3 is 2.21 bits per heavy atom. The van der Waals surface area contributed by atoms with Crippen molar-refractivity contribution in [3.8, 4) is 0 Å². The van der Waals surface area contributed by atoms with Gasteiger partial charge in [0.1, 0.15) is 0 Å². The van der Waals surface area contributed by atoms with Crippen LogP contribution < -0.4 is 5.32 Å². The third-order valence-corrected chi connectivity index (χ3v) is 5.77. The number of fused-ring (bicyclic) bond motifs is 1. The van der Waals surface area contributed by atoms with E-state index in [-0.39, 0.29) is 5.91 Å². The topological polar surface area (TPSA) is 34.0 Å². The minimum absolute atomic E-state index is 0.152. The number of rotatable bonds is 6. The summed E-state index contributed by atoms with van der Waals surface area (Å²) in [6, 6.07) is 20.8. The monoisotopic (exact) mass is 450 g/mol. The van der Waals surface area contributed by atoms with E-state index in [1.807, 2.05) is 41.1 Å². The molecule has 3 aromatic carbocycles. The number of halogens is 3. The summed E-state index contributed by atoms with van der Waals surface area (Å²) in [6.07, 6.45) is -2.46. The van der Waals surface area contributed by atoms with Crippen LogP contribution in [0.1, 0.15) is 52.4 Å². The molecule has 0 radical (unpaired) electrons. The lowest BCUT2D eigenvalue weighted by atomic mass is 10.0. The number of benzene rings is 3. The van der Waals surface area contributed by atoms with Crippen LogP contribution in [0.25, 0.3) is 10.9 Å². The van der Waals surface area contributed by atoms with E-state index in [0.717, 1.165) is 34.2 Å². The van der Waals surface area contributed by atoms with E-state index in [1.54, 1.807) is 6.07 Å². The summed E-state index contributed by atoms with van der Waals surface area (Å²) in [5.41, 5.74) is 3.89. The van der Waals surface area contributed by atoms with Gasteiger partial charge in [-0.3, -0.25) is 4.79 Å². The van der Waals surface area contributed by atoms with Crippen LogP contribution in [0.3, 0.4) is 0 Å². The Morgan fingerprint density at radius 1 is 0.909 bits per heavy atom. The normalized spacial score (nSPS) is 11.8. The minimum Gasteiger partial charge on any atom is -0.348 e. The summed E-state index contributed by atoms with van der Waals surface area (Å²) in [4.78, 5) is 12.6. The highest BCUT2D eigenvalue weighted by atomic mass is 19.4. The van der Waals surface area contributed by atoms with Crippen molar-refractivity contribution in [1.29, 1.82) is 0 Å². The quantitative estimate of drug-likeness (QED) is 0.346. The molecule has 4 aromatic rings. The van der Waals surface area contributed by atoms with Gasteiger partial charge < -0.3 is 9.88 Å². The molecule has 0 aliphatic carbocycles. The number of amides is 1. The zero-order valence-electron chi connectivity index (χ0n) is 18.5. The molecule has 1 amide bonds. The van der Waals surface area contributed by atoms with Gasteiger partial charge in [0.2, 0.25) is 0 Å². The van der Waals surface area contributed by atoms with Crippen molar-refractivity contribution in [2.75, 3.05) is 0 Å². The molecule has 0 saturated carbocycles. The summed E-state index contributed by atoms with van der Waals surface area (Å²) in [5.74, 6) is 0.312. The molecule has 170 valence electrons. The first-order valence-corrected chi connectivity index (χ1v) is 10.8. The summed E-state index contributed by atoms with van der Waals surface area (Å²) in [6.45, 7) is 5.18. The summed E-state index contributed by atoms with van der Waals surface area (Å²) >= 11 is 0. The number of aromatic nitrogens is 1. The average molecular weight is 451 g/mol. The summed E-state index contributed by atoms with van der Waals surface area (Å²) < 4.78 is 40.3. The van der Waals surface area contributed by atoms with Crippen molar-refractivity contribution in [3.05, 3.63) is 107 Å². The zero-order chi connectivity index (χ0) is 23.6. The van der Waals surface area contributed by atoms with Crippen molar-refractivity contribution in [2.45, 2.75) is 39.0 Å². The lowest BCUT2D eigenvalue weighted by Crippen LogP contribution is -2.22. The van der Waals surface area contributed by atoms with Gasteiger partial charge >= 0.3 is 6.18 Å². The molecule has 6 heteroatoms. The van der Waals surface area contributed by atoms with E-state index in [4.69, 9.17) is 0 Å². The molecule has 0 spiro atoms. The van der Waals surface area contributed by atoms with Gasteiger partial charge in [-0.25, -0.2) is 0 Å². The molecule has 0 bridgehead atoms. The van der Waals surface area contributed by atoms with Crippen LogP contribution >= 0.6 is 0 Å². The fourth-order valence-electron chi connectivity index (χ4n) is 3.78. The fourth-order valence-corrected chi connectivity index (χ4v) is 3.78. The molecule has 1 N–H and O–H groups in total. The van der Waals surface area contributed by atoms with Crippen molar-refractivity contribution in [1.82, 2.24) is 9.88 Å². The Morgan fingerprint density at radius 2 is 1.58 bits per heavy atom. The predicted octanol–water partition coefficient (Wildman–Crippen LogP) is 6.76. The highest BCUT2D eigenvalue weighted by Crippen LogP contribution is 2.29. The van der Waals surface area contributed by atoms with Crippen molar-refractivity contribution in [2.24, 2.45) is 0 Å². The van der Waals surface area contributed by atoms with Gasteiger partial charge in [0.15, 0.2) is 0 Å². The second kappa shape index (κ2) is 9.14. The molecule has 3 nitrogen and oxygen atoms in total.